The molecule has 29 heavy (non-hydrogen) atoms. The zero-order chi connectivity index (χ0) is 21.2. The van der Waals surface area contributed by atoms with Gasteiger partial charge >= 0.3 is 0 Å². The maximum Gasteiger partial charge on any atom is 0.0583 e. The molecule has 1 unspecified atom stereocenters. The minimum absolute atomic E-state index is 0.158. The van der Waals surface area contributed by atoms with Crippen LogP contribution in [0.5, 0.6) is 0 Å². The van der Waals surface area contributed by atoms with Crippen molar-refractivity contribution < 1.29 is 10.2 Å². The summed E-state index contributed by atoms with van der Waals surface area (Å²) in [6, 6.07) is 0. The lowest BCUT2D eigenvalue weighted by atomic mass is 9.60. The first-order chi connectivity index (χ1) is 13.7. The summed E-state index contributed by atoms with van der Waals surface area (Å²) in [5.41, 5.74) is 4.52. The molecule has 0 heterocycles. The first-order valence-corrected chi connectivity index (χ1v) is 12.2. The monoisotopic (exact) mass is 400 g/mol. The Morgan fingerprint density at radius 2 is 1.86 bits per heavy atom. The lowest BCUT2D eigenvalue weighted by molar-refractivity contribution is 0.0717. The Morgan fingerprint density at radius 3 is 2.59 bits per heavy atom. The van der Waals surface area contributed by atoms with E-state index in [0.29, 0.717) is 23.2 Å². The van der Waals surface area contributed by atoms with E-state index in [9.17, 15) is 10.2 Å². The molecular weight excluding hydrogens is 356 g/mol. The molecule has 2 nitrogen and oxygen atoms in total. The normalized spacial score (nSPS) is 37.9. The Kier molecular flexibility index (Phi) is 7.49. The summed E-state index contributed by atoms with van der Waals surface area (Å²) in [5.74, 6) is 2.52. The second kappa shape index (κ2) is 9.52. The summed E-state index contributed by atoms with van der Waals surface area (Å²) >= 11 is 0. The van der Waals surface area contributed by atoms with Crippen LogP contribution in [-0.4, -0.2) is 22.4 Å². The molecule has 2 N–H and O–H groups in total. The molecule has 0 radical (unpaired) electrons. The summed E-state index contributed by atoms with van der Waals surface area (Å²) < 4.78 is 0. The molecule has 3 fully saturated rings. The standard InChI is InChI=1S/C27H44O2/c1-18(2)26(29)15-9-20(4)24-13-14-25-21(7-6-16-27(24,25)5)10-11-22-17-23(28)12-8-19(22)3/h10-11,18,20,23-26,28-29H,3,6-9,12-17H2,1-2,4-5H3/b21-10?,22-11-/t20-,23+,24-,25?,26+,27-/m1/s1. The number of allylic oxidation sites excluding steroid dienone is 4. The van der Waals surface area contributed by atoms with E-state index >= 15 is 0 Å². The number of hydrogen-bond donors (Lipinski definition) is 2. The Morgan fingerprint density at radius 1 is 1.10 bits per heavy atom. The van der Waals surface area contributed by atoms with Gasteiger partial charge in [-0.15, -0.1) is 0 Å². The van der Waals surface area contributed by atoms with Crippen LogP contribution in [-0.2, 0) is 0 Å². The molecule has 0 saturated heterocycles. The maximum absolute atomic E-state index is 10.3. The predicted molar refractivity (Wildman–Crippen MR) is 123 cm³/mol. The minimum atomic E-state index is -0.195. The smallest absolute Gasteiger partial charge is 0.0583 e. The largest absolute Gasteiger partial charge is 0.393 e. The van der Waals surface area contributed by atoms with Crippen molar-refractivity contribution in [2.24, 2.45) is 29.1 Å². The van der Waals surface area contributed by atoms with Crippen molar-refractivity contribution in [3.63, 3.8) is 0 Å². The van der Waals surface area contributed by atoms with E-state index in [1.54, 1.807) is 5.57 Å². The van der Waals surface area contributed by atoms with Crippen LogP contribution in [0.1, 0.15) is 91.9 Å². The molecule has 0 aliphatic heterocycles. The summed E-state index contributed by atoms with van der Waals surface area (Å²) in [7, 11) is 0. The zero-order valence-electron chi connectivity index (χ0n) is 19.3. The van der Waals surface area contributed by atoms with Crippen molar-refractivity contribution >= 4 is 0 Å². The molecule has 0 aromatic rings. The van der Waals surface area contributed by atoms with Crippen LogP contribution in [0.25, 0.3) is 0 Å². The van der Waals surface area contributed by atoms with Crippen LogP contribution < -0.4 is 0 Å². The van der Waals surface area contributed by atoms with Crippen molar-refractivity contribution in [3.8, 4) is 0 Å². The van der Waals surface area contributed by atoms with Crippen LogP contribution in [0.4, 0.5) is 0 Å². The third kappa shape index (κ3) is 5.07. The van der Waals surface area contributed by atoms with Crippen LogP contribution in [0.15, 0.2) is 35.5 Å². The van der Waals surface area contributed by atoms with E-state index in [0.717, 1.165) is 38.0 Å². The van der Waals surface area contributed by atoms with Gasteiger partial charge < -0.3 is 10.2 Å². The topological polar surface area (TPSA) is 40.5 Å². The molecular formula is C27H44O2. The average molecular weight is 401 g/mol. The molecule has 2 heteroatoms. The van der Waals surface area contributed by atoms with Crippen LogP contribution in [0, 0.1) is 29.1 Å². The number of rotatable bonds is 6. The Bertz CT molecular complexity index is 643. The maximum atomic E-state index is 10.3. The van der Waals surface area contributed by atoms with Crippen molar-refractivity contribution in [2.75, 3.05) is 0 Å². The van der Waals surface area contributed by atoms with E-state index in [-0.39, 0.29) is 12.2 Å². The van der Waals surface area contributed by atoms with Gasteiger partial charge in [0, 0.05) is 0 Å². The van der Waals surface area contributed by atoms with Gasteiger partial charge in [0.25, 0.3) is 0 Å². The minimum Gasteiger partial charge on any atom is -0.393 e. The van der Waals surface area contributed by atoms with Gasteiger partial charge in [0.05, 0.1) is 12.2 Å². The SMILES string of the molecule is C=C1CC[C@H](O)C/C1=C/C=C1CCC[C@@]2(C)C1CC[C@@H]2[C@H](C)CC[C@H](O)C(C)C. The average Bonchev–Trinajstić information content (AvgIpc) is 3.04. The van der Waals surface area contributed by atoms with Gasteiger partial charge in [-0.3, -0.25) is 0 Å². The molecule has 6 atom stereocenters. The first-order valence-electron chi connectivity index (χ1n) is 12.2. The van der Waals surface area contributed by atoms with Gasteiger partial charge in [0.15, 0.2) is 0 Å². The lowest BCUT2D eigenvalue weighted by Gasteiger charge is -2.44. The third-order valence-electron chi connectivity index (χ3n) is 8.60. The Hall–Kier alpha value is -0.860. The fourth-order valence-electron chi connectivity index (χ4n) is 6.58. The van der Waals surface area contributed by atoms with Gasteiger partial charge in [0.1, 0.15) is 0 Å². The number of fused-ring (bicyclic) bond motifs is 1. The molecule has 3 aliphatic rings. The molecule has 164 valence electrons. The second-order valence-electron chi connectivity index (χ2n) is 10.9. The molecule has 0 aromatic carbocycles. The van der Waals surface area contributed by atoms with Crippen LogP contribution in [0.3, 0.4) is 0 Å². The highest BCUT2D eigenvalue weighted by Crippen LogP contribution is 2.59. The number of aliphatic hydroxyl groups is 2. The van der Waals surface area contributed by atoms with E-state index in [1.807, 2.05) is 0 Å². The molecule has 3 saturated carbocycles. The van der Waals surface area contributed by atoms with Crippen molar-refractivity contribution in [3.05, 3.63) is 35.5 Å². The van der Waals surface area contributed by atoms with Gasteiger partial charge in [-0.1, -0.05) is 57.6 Å². The third-order valence-corrected chi connectivity index (χ3v) is 8.60. The van der Waals surface area contributed by atoms with Crippen molar-refractivity contribution in [1.29, 1.82) is 0 Å². The fourth-order valence-corrected chi connectivity index (χ4v) is 6.58. The summed E-state index contributed by atoms with van der Waals surface area (Å²) in [5, 5.41) is 20.3. The highest BCUT2D eigenvalue weighted by Gasteiger charge is 2.50. The van der Waals surface area contributed by atoms with Gasteiger partial charge in [0.2, 0.25) is 0 Å². The molecule has 3 aliphatic carbocycles. The Balaban J connectivity index is 1.70. The number of aliphatic hydroxyl groups excluding tert-OH is 2. The predicted octanol–water partition coefficient (Wildman–Crippen LogP) is 6.59. The number of hydrogen-bond acceptors (Lipinski definition) is 2. The molecule has 3 rings (SSSR count). The van der Waals surface area contributed by atoms with Gasteiger partial charge in [-0.25, -0.2) is 0 Å². The van der Waals surface area contributed by atoms with Crippen molar-refractivity contribution in [2.45, 2.75) is 104 Å². The molecule has 0 spiro atoms. The van der Waals surface area contributed by atoms with Crippen LogP contribution >= 0.6 is 0 Å². The van der Waals surface area contributed by atoms with E-state index in [4.69, 9.17) is 0 Å². The molecule has 0 amide bonds. The quantitative estimate of drug-likeness (QED) is 0.528. The zero-order valence-corrected chi connectivity index (χ0v) is 19.3. The Labute approximate surface area is 179 Å². The molecule has 0 bridgehead atoms. The van der Waals surface area contributed by atoms with Gasteiger partial charge in [-0.2, -0.15) is 0 Å². The van der Waals surface area contributed by atoms with Gasteiger partial charge in [-0.05, 0) is 98.9 Å². The lowest BCUT2D eigenvalue weighted by Crippen LogP contribution is -2.36. The van der Waals surface area contributed by atoms with E-state index in [2.05, 4.69) is 46.4 Å². The van der Waals surface area contributed by atoms with Crippen molar-refractivity contribution in [1.82, 2.24) is 0 Å². The van der Waals surface area contributed by atoms with Crippen LogP contribution in [0.2, 0.25) is 0 Å². The fraction of sp³-hybridized carbons (Fsp3) is 0.778. The van der Waals surface area contributed by atoms with E-state index in [1.165, 1.54) is 43.3 Å². The summed E-state index contributed by atoms with van der Waals surface area (Å²) in [4.78, 5) is 0. The highest BCUT2D eigenvalue weighted by atomic mass is 16.3. The summed E-state index contributed by atoms with van der Waals surface area (Å²) in [6.07, 6.45) is 15.5. The first kappa shape index (κ1) is 22.8. The highest BCUT2D eigenvalue weighted by molar-refractivity contribution is 5.36. The molecule has 0 aromatic heterocycles. The second-order valence-corrected chi connectivity index (χ2v) is 10.9. The van der Waals surface area contributed by atoms with E-state index < -0.39 is 0 Å². The summed E-state index contributed by atoms with van der Waals surface area (Å²) in [6.45, 7) is 13.4.